The van der Waals surface area contributed by atoms with Crippen molar-refractivity contribution in [3.63, 3.8) is 0 Å². The third kappa shape index (κ3) is 4.86. The zero-order valence-corrected chi connectivity index (χ0v) is 19.6. The van der Waals surface area contributed by atoms with Crippen LogP contribution < -0.4 is 16.0 Å². The lowest BCUT2D eigenvalue weighted by atomic mass is 9.97. The van der Waals surface area contributed by atoms with Crippen molar-refractivity contribution in [1.82, 2.24) is 15.3 Å². The molecule has 1 saturated heterocycles. The standard InChI is InChI=1S/C25H24ClFN6O/c1-15(20-5-3-4-7-30-20)32-24(34)19-13-31-21(12-28)22(16-9-17(26)11-18(27)10-16)23(19)33-8-6-25(2,29)14-33/h3-5,7,9-11,13,15H,6,8,14,29H2,1-2H3,(H,32,34)/t15?,25-/m0/s1. The molecule has 0 bridgehead atoms. The number of halogens is 2. The lowest BCUT2D eigenvalue weighted by Crippen LogP contribution is -2.40. The van der Waals surface area contributed by atoms with E-state index < -0.39 is 11.4 Å². The van der Waals surface area contributed by atoms with Crippen LogP contribution in [0.3, 0.4) is 0 Å². The molecule has 0 radical (unpaired) electrons. The Morgan fingerprint density at radius 2 is 2.15 bits per heavy atom. The largest absolute Gasteiger partial charge is 0.368 e. The summed E-state index contributed by atoms with van der Waals surface area (Å²) in [4.78, 5) is 24.0. The van der Waals surface area contributed by atoms with Crippen LogP contribution in [0, 0.1) is 17.1 Å². The van der Waals surface area contributed by atoms with Crippen molar-refractivity contribution in [2.75, 3.05) is 18.0 Å². The molecule has 0 aliphatic carbocycles. The van der Waals surface area contributed by atoms with E-state index in [-0.39, 0.29) is 28.2 Å². The van der Waals surface area contributed by atoms with Gasteiger partial charge >= 0.3 is 0 Å². The summed E-state index contributed by atoms with van der Waals surface area (Å²) in [6.07, 6.45) is 3.72. The van der Waals surface area contributed by atoms with Gasteiger partial charge in [0, 0.05) is 41.6 Å². The topological polar surface area (TPSA) is 108 Å². The van der Waals surface area contributed by atoms with E-state index in [4.69, 9.17) is 17.3 Å². The van der Waals surface area contributed by atoms with Gasteiger partial charge in [0.1, 0.15) is 17.6 Å². The molecule has 2 atom stereocenters. The van der Waals surface area contributed by atoms with Crippen LogP contribution >= 0.6 is 11.6 Å². The number of amides is 1. The molecule has 3 heterocycles. The van der Waals surface area contributed by atoms with Crippen molar-refractivity contribution in [3.05, 3.63) is 76.6 Å². The van der Waals surface area contributed by atoms with E-state index in [9.17, 15) is 14.4 Å². The highest BCUT2D eigenvalue weighted by Crippen LogP contribution is 2.40. The van der Waals surface area contributed by atoms with Crippen LogP contribution in [0.4, 0.5) is 10.1 Å². The summed E-state index contributed by atoms with van der Waals surface area (Å²) in [5.41, 5.74) is 8.12. The summed E-state index contributed by atoms with van der Waals surface area (Å²) < 4.78 is 14.3. The number of nitrogens with one attached hydrogen (secondary N) is 1. The lowest BCUT2D eigenvalue weighted by Gasteiger charge is -2.27. The molecule has 2 aromatic heterocycles. The van der Waals surface area contributed by atoms with Gasteiger partial charge in [-0.2, -0.15) is 5.26 Å². The van der Waals surface area contributed by atoms with Gasteiger partial charge in [-0.05, 0) is 56.2 Å². The Morgan fingerprint density at radius 3 is 2.76 bits per heavy atom. The molecule has 34 heavy (non-hydrogen) atoms. The maximum atomic E-state index is 14.3. The number of hydrogen-bond acceptors (Lipinski definition) is 6. The average Bonchev–Trinajstić information content (AvgIpc) is 3.17. The van der Waals surface area contributed by atoms with Crippen LogP contribution in [0.5, 0.6) is 0 Å². The van der Waals surface area contributed by atoms with Crippen molar-refractivity contribution >= 4 is 23.2 Å². The molecule has 1 aliphatic heterocycles. The number of aromatic nitrogens is 2. The van der Waals surface area contributed by atoms with E-state index in [1.54, 1.807) is 18.3 Å². The summed E-state index contributed by atoms with van der Waals surface area (Å²) >= 11 is 6.13. The number of anilines is 1. The van der Waals surface area contributed by atoms with Gasteiger partial charge in [-0.3, -0.25) is 9.78 Å². The van der Waals surface area contributed by atoms with E-state index in [2.05, 4.69) is 21.4 Å². The molecule has 0 saturated carbocycles. The summed E-state index contributed by atoms with van der Waals surface area (Å²) in [5.74, 6) is -0.944. The van der Waals surface area contributed by atoms with Gasteiger partial charge in [0.05, 0.1) is 23.0 Å². The second kappa shape index (κ2) is 9.37. The normalized spacial score (nSPS) is 18.4. The predicted molar refractivity (Wildman–Crippen MR) is 129 cm³/mol. The lowest BCUT2D eigenvalue weighted by molar-refractivity contribution is 0.0939. The highest BCUT2D eigenvalue weighted by molar-refractivity contribution is 6.31. The molecule has 174 valence electrons. The van der Waals surface area contributed by atoms with Crippen molar-refractivity contribution in [3.8, 4) is 17.2 Å². The van der Waals surface area contributed by atoms with Crippen LogP contribution in [0.15, 0.2) is 48.8 Å². The van der Waals surface area contributed by atoms with Gasteiger partial charge in [0.15, 0.2) is 0 Å². The fourth-order valence-electron chi connectivity index (χ4n) is 4.21. The van der Waals surface area contributed by atoms with E-state index in [1.807, 2.05) is 30.9 Å². The number of nitrogens with two attached hydrogens (primary N) is 1. The van der Waals surface area contributed by atoms with Gasteiger partial charge in [0.2, 0.25) is 0 Å². The quantitative estimate of drug-likeness (QED) is 0.568. The van der Waals surface area contributed by atoms with Crippen LogP contribution in [0.25, 0.3) is 11.1 Å². The van der Waals surface area contributed by atoms with Gasteiger partial charge in [-0.1, -0.05) is 17.7 Å². The monoisotopic (exact) mass is 478 g/mol. The number of rotatable bonds is 5. The van der Waals surface area contributed by atoms with Gasteiger partial charge < -0.3 is 16.0 Å². The summed E-state index contributed by atoms with van der Waals surface area (Å²) in [6.45, 7) is 4.78. The molecule has 1 fully saturated rings. The number of carbonyl (C=O) groups excluding carboxylic acids is 1. The molecule has 1 aromatic carbocycles. The predicted octanol–water partition coefficient (Wildman–Crippen LogP) is 4.23. The summed E-state index contributed by atoms with van der Waals surface area (Å²) in [7, 11) is 0. The summed E-state index contributed by atoms with van der Waals surface area (Å²) in [5, 5.41) is 12.9. The second-order valence-corrected chi connectivity index (χ2v) is 9.23. The second-order valence-electron chi connectivity index (χ2n) is 8.79. The van der Waals surface area contributed by atoms with Gasteiger partial charge in [-0.25, -0.2) is 9.37 Å². The Bertz CT molecular complexity index is 1250. The SMILES string of the molecule is CC(NC(=O)c1cnc(C#N)c(-c2cc(F)cc(Cl)c2)c1N1CC[C@](C)(N)C1)c1ccccn1. The number of nitrogens with zero attached hydrogens (tertiary/aromatic N) is 4. The third-order valence-electron chi connectivity index (χ3n) is 5.85. The Morgan fingerprint density at radius 1 is 1.35 bits per heavy atom. The highest BCUT2D eigenvalue weighted by Gasteiger charge is 2.35. The molecule has 9 heteroatoms. The number of carbonyl (C=O) groups is 1. The Labute approximate surface area is 202 Å². The maximum absolute atomic E-state index is 14.3. The Hall–Kier alpha value is -3.54. The molecular weight excluding hydrogens is 455 g/mol. The first-order valence-corrected chi connectivity index (χ1v) is 11.2. The molecule has 1 amide bonds. The first-order chi connectivity index (χ1) is 16.2. The molecule has 1 unspecified atom stereocenters. The van der Waals surface area contributed by atoms with E-state index in [0.717, 1.165) is 0 Å². The van der Waals surface area contributed by atoms with Crippen molar-refractivity contribution < 1.29 is 9.18 Å². The van der Waals surface area contributed by atoms with E-state index in [1.165, 1.54) is 18.3 Å². The van der Waals surface area contributed by atoms with Crippen LogP contribution in [0.2, 0.25) is 5.02 Å². The summed E-state index contributed by atoms with van der Waals surface area (Å²) in [6, 6.07) is 11.2. The smallest absolute Gasteiger partial charge is 0.255 e. The zero-order valence-electron chi connectivity index (χ0n) is 18.8. The first kappa shape index (κ1) is 23.6. The zero-order chi connectivity index (χ0) is 24.5. The maximum Gasteiger partial charge on any atom is 0.255 e. The molecule has 7 nitrogen and oxygen atoms in total. The van der Waals surface area contributed by atoms with Crippen molar-refractivity contribution in [1.29, 1.82) is 5.26 Å². The molecule has 3 aromatic rings. The number of nitriles is 1. The minimum absolute atomic E-state index is 0.0663. The fourth-order valence-corrected chi connectivity index (χ4v) is 4.43. The van der Waals surface area contributed by atoms with Crippen LogP contribution in [0.1, 0.15) is 48.1 Å². The van der Waals surface area contributed by atoms with Crippen molar-refractivity contribution in [2.45, 2.75) is 31.8 Å². The molecule has 1 aliphatic rings. The fraction of sp³-hybridized carbons (Fsp3) is 0.280. The average molecular weight is 479 g/mol. The first-order valence-electron chi connectivity index (χ1n) is 10.8. The van der Waals surface area contributed by atoms with Crippen LogP contribution in [-0.2, 0) is 0 Å². The Kier molecular flexibility index (Phi) is 6.51. The molecule has 0 spiro atoms. The minimum Gasteiger partial charge on any atom is -0.368 e. The van der Waals surface area contributed by atoms with E-state index >= 15 is 0 Å². The molecular formula is C25H24ClFN6O. The van der Waals surface area contributed by atoms with Crippen molar-refractivity contribution in [2.24, 2.45) is 5.73 Å². The Balaban J connectivity index is 1.86. The minimum atomic E-state index is -0.555. The number of hydrogen-bond donors (Lipinski definition) is 2. The third-order valence-corrected chi connectivity index (χ3v) is 6.07. The van der Waals surface area contributed by atoms with E-state index in [0.29, 0.717) is 42.0 Å². The van der Waals surface area contributed by atoms with Gasteiger partial charge in [0.25, 0.3) is 5.91 Å². The highest BCUT2D eigenvalue weighted by atomic mass is 35.5. The molecule has 4 rings (SSSR count). The molecule has 3 N–H and O–H groups in total. The van der Waals surface area contributed by atoms with Crippen LogP contribution in [-0.4, -0.2) is 34.5 Å². The van der Waals surface area contributed by atoms with Gasteiger partial charge in [-0.15, -0.1) is 0 Å². The number of benzene rings is 1. The number of pyridine rings is 2.